The molecule has 1 aromatic heterocycles. The zero-order valence-corrected chi connectivity index (χ0v) is 16.0. The Hall–Kier alpha value is -2.82. The average molecular weight is 368 g/mol. The van der Waals surface area contributed by atoms with Gasteiger partial charge in [-0.25, -0.2) is 4.39 Å². The lowest BCUT2D eigenvalue weighted by Gasteiger charge is -2.10. The van der Waals surface area contributed by atoms with Crippen molar-refractivity contribution in [2.24, 2.45) is 0 Å². The Kier molecular flexibility index (Phi) is 5.79. The van der Waals surface area contributed by atoms with Crippen LogP contribution in [-0.2, 0) is 13.0 Å². The Bertz CT molecular complexity index is 945. The van der Waals surface area contributed by atoms with Gasteiger partial charge < -0.3 is 14.6 Å². The summed E-state index contributed by atoms with van der Waals surface area (Å²) in [6.07, 6.45) is 0.659. The first-order chi connectivity index (χ1) is 13.0. The summed E-state index contributed by atoms with van der Waals surface area (Å²) < 4.78 is 20.6. The predicted molar refractivity (Wildman–Crippen MR) is 106 cm³/mol. The highest BCUT2D eigenvalue weighted by molar-refractivity contribution is 6.02. The molecule has 2 aromatic carbocycles. The van der Waals surface area contributed by atoms with Crippen LogP contribution in [0.3, 0.4) is 0 Å². The number of nitrogens with zero attached hydrogens (tertiary/aromatic N) is 1. The fourth-order valence-corrected chi connectivity index (χ4v) is 3.43. The number of hydrogen-bond acceptors (Lipinski definition) is 2. The maximum Gasteiger partial charge on any atom is 0.268 e. The Balaban J connectivity index is 1.80. The lowest BCUT2D eigenvalue weighted by Crippen LogP contribution is -2.28. The molecule has 1 N–H and O–H groups in total. The Morgan fingerprint density at radius 1 is 1.15 bits per heavy atom. The van der Waals surface area contributed by atoms with Gasteiger partial charge in [-0.2, -0.15) is 0 Å². The molecule has 0 spiro atoms. The Labute approximate surface area is 158 Å². The van der Waals surface area contributed by atoms with Gasteiger partial charge in [0.15, 0.2) is 0 Å². The lowest BCUT2D eigenvalue weighted by molar-refractivity contribution is 0.0945. The van der Waals surface area contributed by atoms with Crippen LogP contribution in [0.2, 0.25) is 0 Å². The predicted octanol–water partition coefficient (Wildman–Crippen LogP) is 4.48. The first-order valence-corrected chi connectivity index (χ1v) is 9.33. The summed E-state index contributed by atoms with van der Waals surface area (Å²) in [5, 5.41) is 4.03. The van der Waals surface area contributed by atoms with Gasteiger partial charge in [0.2, 0.25) is 0 Å². The molecule has 0 bridgehead atoms. The Morgan fingerprint density at radius 2 is 1.89 bits per heavy atom. The van der Waals surface area contributed by atoms with Crippen molar-refractivity contribution in [1.29, 1.82) is 0 Å². The molecule has 3 rings (SSSR count). The lowest BCUT2D eigenvalue weighted by atomic mass is 10.1. The van der Waals surface area contributed by atoms with Gasteiger partial charge in [0.1, 0.15) is 17.3 Å². The zero-order valence-electron chi connectivity index (χ0n) is 16.0. The van der Waals surface area contributed by atoms with Crippen molar-refractivity contribution in [1.82, 2.24) is 9.88 Å². The second kappa shape index (κ2) is 8.25. The maximum atomic E-state index is 13.0. The number of fused-ring (bicyclic) bond motifs is 1. The maximum absolute atomic E-state index is 13.0. The number of halogens is 1. The van der Waals surface area contributed by atoms with E-state index < -0.39 is 0 Å². The standard InChI is InChI=1S/C22H25FN2O2/c1-4-25-20-11-10-18(27-5-2)14-19(20)15(3)21(25)22(26)24-13-12-16-6-8-17(23)9-7-16/h6-11,14H,4-5,12-13H2,1-3H3,(H,24,26). The number of rotatable bonds is 7. The van der Waals surface area contributed by atoms with E-state index in [4.69, 9.17) is 4.74 Å². The van der Waals surface area contributed by atoms with Crippen LogP contribution in [0.5, 0.6) is 5.75 Å². The molecule has 5 heteroatoms. The van der Waals surface area contributed by atoms with Crippen LogP contribution in [-0.4, -0.2) is 23.6 Å². The van der Waals surface area contributed by atoms with Crippen molar-refractivity contribution in [2.45, 2.75) is 33.7 Å². The summed E-state index contributed by atoms with van der Waals surface area (Å²) in [4.78, 5) is 12.8. The molecule has 0 aliphatic heterocycles. The van der Waals surface area contributed by atoms with Gasteiger partial charge >= 0.3 is 0 Å². The van der Waals surface area contributed by atoms with E-state index in [9.17, 15) is 9.18 Å². The van der Waals surface area contributed by atoms with Gasteiger partial charge in [-0.3, -0.25) is 4.79 Å². The van der Waals surface area contributed by atoms with Crippen molar-refractivity contribution < 1.29 is 13.9 Å². The third-order valence-corrected chi connectivity index (χ3v) is 4.74. The fraction of sp³-hybridized carbons (Fsp3) is 0.318. The van der Waals surface area contributed by atoms with Crippen molar-refractivity contribution in [3.8, 4) is 5.75 Å². The van der Waals surface area contributed by atoms with Crippen LogP contribution in [0.25, 0.3) is 10.9 Å². The molecule has 0 aliphatic carbocycles. The number of carbonyl (C=O) groups is 1. The summed E-state index contributed by atoms with van der Waals surface area (Å²) in [7, 11) is 0. The molecule has 4 nitrogen and oxygen atoms in total. The molecule has 0 radical (unpaired) electrons. The third-order valence-electron chi connectivity index (χ3n) is 4.74. The minimum atomic E-state index is -0.253. The number of hydrogen-bond donors (Lipinski definition) is 1. The number of nitrogens with one attached hydrogen (secondary N) is 1. The molecule has 0 unspecified atom stereocenters. The monoisotopic (exact) mass is 368 g/mol. The first kappa shape index (κ1) is 19.0. The van der Waals surface area contributed by atoms with Gasteiger partial charge in [0.05, 0.1) is 6.61 Å². The summed E-state index contributed by atoms with van der Waals surface area (Å²) in [5.41, 5.74) is 3.65. The van der Waals surface area contributed by atoms with E-state index in [0.717, 1.165) is 27.8 Å². The molecule has 1 amide bonds. The van der Waals surface area contributed by atoms with E-state index in [0.29, 0.717) is 31.8 Å². The smallest absolute Gasteiger partial charge is 0.268 e. The summed E-state index contributed by atoms with van der Waals surface area (Å²) in [5.74, 6) is 0.465. The van der Waals surface area contributed by atoms with Gasteiger partial charge in [0, 0.05) is 24.0 Å². The number of carbonyl (C=O) groups excluding carboxylic acids is 1. The second-order valence-electron chi connectivity index (χ2n) is 6.46. The molecule has 0 saturated heterocycles. The van der Waals surface area contributed by atoms with Crippen molar-refractivity contribution in [3.63, 3.8) is 0 Å². The van der Waals surface area contributed by atoms with Gasteiger partial charge in [-0.05, 0) is 68.7 Å². The molecule has 3 aromatic rings. The number of aromatic nitrogens is 1. The second-order valence-corrected chi connectivity index (χ2v) is 6.46. The molecule has 0 saturated carbocycles. The topological polar surface area (TPSA) is 43.3 Å². The van der Waals surface area contributed by atoms with Crippen molar-refractivity contribution in [3.05, 3.63) is 65.1 Å². The zero-order chi connectivity index (χ0) is 19.4. The highest BCUT2D eigenvalue weighted by Crippen LogP contribution is 2.29. The number of amides is 1. The number of aryl methyl sites for hydroxylation is 2. The van der Waals surface area contributed by atoms with Crippen LogP contribution in [0.1, 0.15) is 35.5 Å². The fourth-order valence-electron chi connectivity index (χ4n) is 3.43. The SMILES string of the molecule is CCOc1ccc2c(c1)c(C)c(C(=O)NCCc1ccc(F)cc1)n2CC. The van der Waals surface area contributed by atoms with E-state index in [1.165, 1.54) is 12.1 Å². The van der Waals surface area contributed by atoms with Crippen LogP contribution in [0, 0.1) is 12.7 Å². The van der Waals surface area contributed by atoms with Crippen molar-refractivity contribution >= 4 is 16.8 Å². The van der Waals surface area contributed by atoms with E-state index in [2.05, 4.69) is 5.32 Å². The van der Waals surface area contributed by atoms with E-state index in [1.54, 1.807) is 12.1 Å². The van der Waals surface area contributed by atoms with E-state index >= 15 is 0 Å². The van der Waals surface area contributed by atoms with Gasteiger partial charge in [-0.15, -0.1) is 0 Å². The van der Waals surface area contributed by atoms with Crippen molar-refractivity contribution in [2.75, 3.05) is 13.2 Å². The minimum Gasteiger partial charge on any atom is -0.494 e. The van der Waals surface area contributed by atoms with E-state index in [-0.39, 0.29) is 11.7 Å². The molecule has 27 heavy (non-hydrogen) atoms. The largest absolute Gasteiger partial charge is 0.494 e. The molecular weight excluding hydrogens is 343 g/mol. The Morgan fingerprint density at radius 3 is 2.56 bits per heavy atom. The summed E-state index contributed by atoms with van der Waals surface area (Å²) >= 11 is 0. The molecular formula is C22H25FN2O2. The molecule has 0 fully saturated rings. The van der Waals surface area contributed by atoms with Crippen LogP contribution in [0.4, 0.5) is 4.39 Å². The van der Waals surface area contributed by atoms with E-state index in [1.807, 2.05) is 43.5 Å². The molecule has 1 heterocycles. The van der Waals surface area contributed by atoms with Gasteiger partial charge in [-0.1, -0.05) is 12.1 Å². The third kappa shape index (κ3) is 3.97. The first-order valence-electron chi connectivity index (χ1n) is 9.33. The average Bonchev–Trinajstić information content (AvgIpc) is 2.95. The molecule has 142 valence electrons. The number of ether oxygens (including phenoxy) is 1. The highest BCUT2D eigenvalue weighted by atomic mass is 19.1. The van der Waals surface area contributed by atoms with Crippen LogP contribution in [0.15, 0.2) is 42.5 Å². The molecule has 0 aliphatic rings. The normalized spacial score (nSPS) is 11.0. The number of benzene rings is 2. The quantitative estimate of drug-likeness (QED) is 0.668. The molecule has 0 atom stereocenters. The minimum absolute atomic E-state index is 0.0920. The van der Waals surface area contributed by atoms with Gasteiger partial charge in [0.25, 0.3) is 5.91 Å². The summed E-state index contributed by atoms with van der Waals surface area (Å²) in [6.45, 7) is 7.77. The van der Waals surface area contributed by atoms with Crippen LogP contribution >= 0.6 is 0 Å². The van der Waals surface area contributed by atoms with Crippen LogP contribution < -0.4 is 10.1 Å². The summed E-state index contributed by atoms with van der Waals surface area (Å²) in [6, 6.07) is 12.3. The highest BCUT2D eigenvalue weighted by Gasteiger charge is 2.19.